The Balaban J connectivity index is 2.26. The van der Waals surface area contributed by atoms with Gasteiger partial charge in [-0.05, 0) is 24.5 Å². The van der Waals surface area contributed by atoms with E-state index in [1.54, 1.807) is 0 Å². The number of nitrogens with zero attached hydrogens (tertiary/aromatic N) is 1. The van der Waals surface area contributed by atoms with Gasteiger partial charge in [0.2, 0.25) is 0 Å². The topological polar surface area (TPSA) is 38.5 Å². The fraction of sp³-hybridized carbons (Fsp3) is 0.600. The first-order valence-corrected chi connectivity index (χ1v) is 6.89. The summed E-state index contributed by atoms with van der Waals surface area (Å²) in [5.74, 6) is 0. The van der Waals surface area contributed by atoms with Crippen LogP contribution in [0.5, 0.6) is 0 Å². The monoisotopic (exact) mass is 248 g/mol. The van der Waals surface area contributed by atoms with Crippen molar-refractivity contribution >= 4 is 0 Å². The van der Waals surface area contributed by atoms with Gasteiger partial charge < -0.3 is 10.5 Å². The summed E-state index contributed by atoms with van der Waals surface area (Å²) in [6.45, 7) is 7.69. The van der Waals surface area contributed by atoms with Crippen molar-refractivity contribution in [2.75, 3.05) is 26.3 Å². The predicted molar refractivity (Wildman–Crippen MR) is 74.6 cm³/mol. The van der Waals surface area contributed by atoms with E-state index in [1.807, 2.05) is 0 Å². The van der Waals surface area contributed by atoms with Crippen molar-refractivity contribution in [1.29, 1.82) is 0 Å². The molecule has 100 valence electrons. The summed E-state index contributed by atoms with van der Waals surface area (Å²) in [5, 5.41) is 0. The maximum absolute atomic E-state index is 6.04. The van der Waals surface area contributed by atoms with Crippen molar-refractivity contribution in [3.63, 3.8) is 0 Å². The first-order valence-electron chi connectivity index (χ1n) is 6.89. The quantitative estimate of drug-likeness (QED) is 0.885. The average molecular weight is 248 g/mol. The number of benzene rings is 1. The van der Waals surface area contributed by atoms with Crippen molar-refractivity contribution < 1.29 is 4.74 Å². The lowest BCUT2D eigenvalue weighted by Gasteiger charge is -2.39. The zero-order chi connectivity index (χ0) is 13.0. The standard InChI is InChI=1S/C15H24N2O/c1-3-13-6-4-5-7-14(13)15(10-16)17-8-9-18-11-12(17)2/h4-7,12,15H,3,8-11,16H2,1-2H3. The van der Waals surface area contributed by atoms with E-state index >= 15 is 0 Å². The summed E-state index contributed by atoms with van der Waals surface area (Å²) in [6.07, 6.45) is 1.06. The summed E-state index contributed by atoms with van der Waals surface area (Å²) in [5.41, 5.74) is 8.83. The number of ether oxygens (including phenoxy) is 1. The van der Waals surface area contributed by atoms with Crippen molar-refractivity contribution in [3.05, 3.63) is 35.4 Å². The Morgan fingerprint density at radius 3 is 2.89 bits per heavy atom. The third-order valence-corrected chi connectivity index (χ3v) is 3.84. The molecule has 3 heteroatoms. The third kappa shape index (κ3) is 2.74. The van der Waals surface area contributed by atoms with E-state index < -0.39 is 0 Å². The Bertz CT molecular complexity index is 381. The Morgan fingerprint density at radius 2 is 2.22 bits per heavy atom. The van der Waals surface area contributed by atoms with E-state index in [0.29, 0.717) is 18.6 Å². The molecule has 1 aromatic rings. The maximum atomic E-state index is 6.04. The fourth-order valence-electron chi connectivity index (χ4n) is 2.83. The van der Waals surface area contributed by atoms with Crippen LogP contribution in [0, 0.1) is 0 Å². The van der Waals surface area contributed by atoms with Crippen LogP contribution in [0.3, 0.4) is 0 Å². The van der Waals surface area contributed by atoms with Crippen LogP contribution in [0.2, 0.25) is 0 Å². The van der Waals surface area contributed by atoms with E-state index in [4.69, 9.17) is 10.5 Å². The summed E-state index contributed by atoms with van der Waals surface area (Å²) in [4.78, 5) is 2.48. The molecule has 18 heavy (non-hydrogen) atoms. The molecule has 0 aliphatic carbocycles. The van der Waals surface area contributed by atoms with Crippen LogP contribution >= 0.6 is 0 Å². The minimum absolute atomic E-state index is 0.319. The molecule has 0 spiro atoms. The molecule has 1 fully saturated rings. The molecular formula is C15H24N2O. The molecule has 0 aromatic heterocycles. The van der Waals surface area contributed by atoms with Crippen LogP contribution < -0.4 is 5.73 Å². The number of rotatable bonds is 4. The molecule has 1 aliphatic rings. The molecule has 3 nitrogen and oxygen atoms in total. The van der Waals surface area contributed by atoms with Gasteiger partial charge in [0.1, 0.15) is 0 Å². The number of hydrogen-bond acceptors (Lipinski definition) is 3. The molecule has 1 saturated heterocycles. The van der Waals surface area contributed by atoms with E-state index in [-0.39, 0.29) is 0 Å². The molecule has 2 rings (SSSR count). The molecule has 1 aliphatic heterocycles. The number of hydrogen-bond donors (Lipinski definition) is 1. The Kier molecular flexibility index (Phi) is 4.75. The van der Waals surface area contributed by atoms with Gasteiger partial charge in [-0.25, -0.2) is 0 Å². The minimum Gasteiger partial charge on any atom is -0.379 e. The second-order valence-electron chi connectivity index (χ2n) is 4.97. The van der Waals surface area contributed by atoms with Crippen LogP contribution in [0.15, 0.2) is 24.3 Å². The zero-order valence-electron chi connectivity index (χ0n) is 11.4. The predicted octanol–water partition coefficient (Wildman–Crippen LogP) is 1.97. The molecule has 1 heterocycles. The molecule has 2 atom stereocenters. The fourth-order valence-corrected chi connectivity index (χ4v) is 2.83. The highest BCUT2D eigenvalue weighted by Crippen LogP contribution is 2.26. The van der Waals surface area contributed by atoms with Crippen molar-refractivity contribution in [2.45, 2.75) is 32.4 Å². The van der Waals surface area contributed by atoms with Gasteiger partial charge in [-0.3, -0.25) is 4.90 Å². The first kappa shape index (κ1) is 13.5. The lowest BCUT2D eigenvalue weighted by molar-refractivity contribution is -0.0210. The Hall–Kier alpha value is -0.900. The van der Waals surface area contributed by atoms with Gasteiger partial charge in [-0.1, -0.05) is 31.2 Å². The van der Waals surface area contributed by atoms with Crippen LogP contribution in [0.4, 0.5) is 0 Å². The van der Waals surface area contributed by atoms with Crippen molar-refractivity contribution in [1.82, 2.24) is 4.90 Å². The van der Waals surface area contributed by atoms with E-state index in [1.165, 1.54) is 11.1 Å². The first-order chi connectivity index (χ1) is 8.77. The second kappa shape index (κ2) is 6.32. The second-order valence-corrected chi connectivity index (χ2v) is 4.97. The smallest absolute Gasteiger partial charge is 0.0620 e. The Morgan fingerprint density at radius 1 is 1.44 bits per heavy atom. The summed E-state index contributed by atoms with van der Waals surface area (Å²) < 4.78 is 5.52. The average Bonchev–Trinajstić information content (AvgIpc) is 2.42. The lowest BCUT2D eigenvalue weighted by Crippen LogP contribution is -2.47. The Labute approximate surface area is 110 Å². The molecule has 0 saturated carbocycles. The normalized spacial score (nSPS) is 22.9. The van der Waals surface area contributed by atoms with Crippen molar-refractivity contribution in [3.8, 4) is 0 Å². The van der Waals surface area contributed by atoms with Gasteiger partial charge >= 0.3 is 0 Å². The molecule has 2 unspecified atom stereocenters. The van der Waals surface area contributed by atoms with Crippen molar-refractivity contribution in [2.24, 2.45) is 5.73 Å². The number of nitrogens with two attached hydrogens (primary N) is 1. The van der Waals surface area contributed by atoms with Gasteiger partial charge in [-0.15, -0.1) is 0 Å². The molecule has 1 aromatic carbocycles. The summed E-state index contributed by atoms with van der Waals surface area (Å²) in [7, 11) is 0. The number of morpholine rings is 1. The van der Waals surface area contributed by atoms with Gasteiger partial charge in [-0.2, -0.15) is 0 Å². The summed E-state index contributed by atoms with van der Waals surface area (Å²) in [6, 6.07) is 9.42. The van der Waals surface area contributed by atoms with Crippen LogP contribution in [-0.4, -0.2) is 37.2 Å². The van der Waals surface area contributed by atoms with E-state index in [2.05, 4.69) is 43.0 Å². The van der Waals surface area contributed by atoms with Crippen LogP contribution in [-0.2, 0) is 11.2 Å². The van der Waals surface area contributed by atoms with Gasteiger partial charge in [0.05, 0.1) is 13.2 Å². The highest BCUT2D eigenvalue weighted by molar-refractivity contribution is 5.30. The zero-order valence-corrected chi connectivity index (χ0v) is 11.4. The van der Waals surface area contributed by atoms with E-state index in [0.717, 1.165) is 26.2 Å². The molecular weight excluding hydrogens is 224 g/mol. The van der Waals surface area contributed by atoms with Gasteiger partial charge in [0.15, 0.2) is 0 Å². The van der Waals surface area contributed by atoms with Crippen LogP contribution in [0.1, 0.15) is 31.0 Å². The molecule has 0 bridgehead atoms. The molecule has 0 amide bonds. The third-order valence-electron chi connectivity index (χ3n) is 3.84. The maximum Gasteiger partial charge on any atom is 0.0620 e. The molecule has 0 radical (unpaired) electrons. The highest BCUT2D eigenvalue weighted by atomic mass is 16.5. The van der Waals surface area contributed by atoms with Gasteiger partial charge in [0.25, 0.3) is 0 Å². The van der Waals surface area contributed by atoms with E-state index in [9.17, 15) is 0 Å². The van der Waals surface area contributed by atoms with Crippen LogP contribution in [0.25, 0.3) is 0 Å². The lowest BCUT2D eigenvalue weighted by atomic mass is 9.96. The van der Waals surface area contributed by atoms with Gasteiger partial charge in [0, 0.05) is 25.2 Å². The number of aryl methyl sites for hydroxylation is 1. The largest absolute Gasteiger partial charge is 0.379 e. The highest BCUT2D eigenvalue weighted by Gasteiger charge is 2.27. The SMILES string of the molecule is CCc1ccccc1C(CN)N1CCOCC1C. The molecule has 2 N–H and O–H groups in total. The minimum atomic E-state index is 0.319. The summed E-state index contributed by atoms with van der Waals surface area (Å²) >= 11 is 0.